The molecule has 2 unspecified atom stereocenters. The Morgan fingerprint density at radius 1 is 1.36 bits per heavy atom. The number of aryl methyl sites for hydroxylation is 1. The fraction of sp³-hybridized carbons (Fsp3) is 0.647. The summed E-state index contributed by atoms with van der Waals surface area (Å²) in [6.07, 6.45) is 5.58. The molecule has 136 valence electrons. The molecule has 0 spiro atoms. The summed E-state index contributed by atoms with van der Waals surface area (Å²) in [7, 11) is 1.86. The molecule has 2 amide bonds. The normalized spacial score (nSPS) is 22.9. The molecule has 3 aliphatic heterocycles. The standard InChI is InChI=1S/C17H25N5O2S/c1-12(2)6-7-22-14-5-4-13(16(22)24)8-21(9-14)15(23)10-25-17-19-18-11-20(17)3/h6,11,13-14H,4-5,7-10H2,1-3H3. The quantitative estimate of drug-likeness (QED) is 0.583. The molecule has 0 aromatic carbocycles. The molecule has 0 radical (unpaired) electrons. The van der Waals surface area contributed by atoms with Crippen LogP contribution in [0.5, 0.6) is 0 Å². The van der Waals surface area contributed by atoms with Gasteiger partial charge >= 0.3 is 0 Å². The first-order chi connectivity index (χ1) is 12.0. The molecule has 4 heterocycles. The molecule has 1 aromatic heterocycles. The lowest BCUT2D eigenvalue weighted by Crippen LogP contribution is -2.48. The molecule has 3 saturated heterocycles. The Kier molecular flexibility index (Phi) is 5.46. The van der Waals surface area contributed by atoms with Crippen LogP contribution in [0.15, 0.2) is 23.1 Å². The van der Waals surface area contributed by atoms with Crippen LogP contribution in [-0.4, -0.2) is 67.8 Å². The summed E-state index contributed by atoms with van der Waals surface area (Å²) in [5, 5.41) is 8.55. The average Bonchev–Trinajstić information content (AvgIpc) is 2.80. The summed E-state index contributed by atoms with van der Waals surface area (Å²) >= 11 is 1.39. The second kappa shape index (κ2) is 7.59. The fourth-order valence-electron chi connectivity index (χ4n) is 3.39. The molecular formula is C17H25N5O2S. The number of fused-ring (bicyclic) bond motifs is 4. The summed E-state index contributed by atoms with van der Waals surface area (Å²) in [5.74, 6) is 0.536. The number of rotatable bonds is 5. The third-order valence-electron chi connectivity index (χ3n) is 4.84. The second-order valence-corrected chi connectivity index (χ2v) is 7.95. The Hall–Kier alpha value is -1.83. The van der Waals surface area contributed by atoms with Crippen LogP contribution in [0.1, 0.15) is 26.7 Å². The fourth-order valence-corrected chi connectivity index (χ4v) is 4.18. The molecule has 1 aromatic rings. The third-order valence-corrected chi connectivity index (χ3v) is 5.86. The number of piperidine rings is 1. The van der Waals surface area contributed by atoms with E-state index in [-0.39, 0.29) is 23.8 Å². The van der Waals surface area contributed by atoms with Gasteiger partial charge in [-0.1, -0.05) is 23.4 Å². The zero-order chi connectivity index (χ0) is 18.0. The number of allylic oxidation sites excluding steroid dienone is 1. The van der Waals surface area contributed by atoms with E-state index in [2.05, 4.69) is 16.3 Å². The van der Waals surface area contributed by atoms with E-state index in [1.165, 1.54) is 17.3 Å². The number of amides is 2. The molecule has 0 N–H and O–H groups in total. The molecule has 3 fully saturated rings. The van der Waals surface area contributed by atoms with Crippen molar-refractivity contribution in [3.8, 4) is 0 Å². The predicted octanol–water partition coefficient (Wildman–Crippen LogP) is 1.32. The van der Waals surface area contributed by atoms with Crippen molar-refractivity contribution >= 4 is 23.6 Å². The van der Waals surface area contributed by atoms with Crippen molar-refractivity contribution in [2.45, 2.75) is 37.9 Å². The van der Waals surface area contributed by atoms with Gasteiger partial charge in [0.05, 0.1) is 11.7 Å². The van der Waals surface area contributed by atoms with E-state index in [1.54, 1.807) is 10.9 Å². The molecule has 0 saturated carbocycles. The van der Waals surface area contributed by atoms with Crippen LogP contribution >= 0.6 is 11.8 Å². The monoisotopic (exact) mass is 363 g/mol. The predicted molar refractivity (Wildman–Crippen MR) is 96.0 cm³/mol. The Morgan fingerprint density at radius 3 is 2.84 bits per heavy atom. The largest absolute Gasteiger partial charge is 0.339 e. The molecule has 0 aliphatic carbocycles. The van der Waals surface area contributed by atoms with E-state index >= 15 is 0 Å². The van der Waals surface area contributed by atoms with Gasteiger partial charge in [-0.05, 0) is 26.7 Å². The van der Waals surface area contributed by atoms with E-state index in [9.17, 15) is 9.59 Å². The van der Waals surface area contributed by atoms with Crippen LogP contribution in [0.3, 0.4) is 0 Å². The lowest BCUT2D eigenvalue weighted by atomic mass is 9.94. The lowest BCUT2D eigenvalue weighted by molar-refractivity contribution is -0.139. The van der Waals surface area contributed by atoms with Crippen molar-refractivity contribution in [3.63, 3.8) is 0 Å². The van der Waals surface area contributed by atoms with Crippen molar-refractivity contribution in [3.05, 3.63) is 18.0 Å². The number of nitrogens with zero attached hydrogens (tertiary/aromatic N) is 5. The van der Waals surface area contributed by atoms with Crippen molar-refractivity contribution in [2.75, 3.05) is 25.4 Å². The SMILES string of the molecule is CC(C)=CCN1C(=O)C2CCC1CN(C(=O)CSc1nncn1C)C2. The van der Waals surface area contributed by atoms with Gasteiger partial charge in [0.2, 0.25) is 11.8 Å². The Balaban J connectivity index is 1.64. The maximum atomic E-state index is 12.7. The zero-order valence-corrected chi connectivity index (χ0v) is 15.8. The van der Waals surface area contributed by atoms with Gasteiger partial charge in [-0.3, -0.25) is 9.59 Å². The molecule has 8 heteroatoms. The Bertz CT molecular complexity index is 682. The minimum Gasteiger partial charge on any atom is -0.339 e. The van der Waals surface area contributed by atoms with Crippen LogP contribution in [0.2, 0.25) is 0 Å². The lowest BCUT2D eigenvalue weighted by Gasteiger charge is -2.35. The number of aromatic nitrogens is 3. The summed E-state index contributed by atoms with van der Waals surface area (Å²) in [4.78, 5) is 29.2. The molecule has 2 bridgehead atoms. The van der Waals surface area contributed by atoms with E-state index in [4.69, 9.17) is 0 Å². The van der Waals surface area contributed by atoms with Gasteiger partial charge in [-0.2, -0.15) is 0 Å². The summed E-state index contributed by atoms with van der Waals surface area (Å²) in [6.45, 7) is 5.91. The third kappa shape index (κ3) is 4.05. The van der Waals surface area contributed by atoms with E-state index in [1.807, 2.05) is 30.7 Å². The maximum absolute atomic E-state index is 12.7. The van der Waals surface area contributed by atoms with Crippen LogP contribution < -0.4 is 0 Å². The van der Waals surface area contributed by atoms with Crippen LogP contribution in [0.25, 0.3) is 0 Å². The smallest absolute Gasteiger partial charge is 0.233 e. The first kappa shape index (κ1) is 18.0. The number of thioether (sulfide) groups is 1. The highest BCUT2D eigenvalue weighted by molar-refractivity contribution is 7.99. The maximum Gasteiger partial charge on any atom is 0.233 e. The molecular weight excluding hydrogens is 338 g/mol. The van der Waals surface area contributed by atoms with E-state index in [0.29, 0.717) is 25.4 Å². The highest BCUT2D eigenvalue weighted by atomic mass is 32.2. The van der Waals surface area contributed by atoms with Gasteiger partial charge in [0.1, 0.15) is 6.33 Å². The van der Waals surface area contributed by atoms with E-state index < -0.39 is 0 Å². The van der Waals surface area contributed by atoms with Crippen LogP contribution in [0.4, 0.5) is 0 Å². The van der Waals surface area contributed by atoms with Gasteiger partial charge in [0.15, 0.2) is 5.16 Å². The summed E-state index contributed by atoms with van der Waals surface area (Å²) in [5.41, 5.74) is 1.21. The molecule has 4 rings (SSSR count). The molecule has 25 heavy (non-hydrogen) atoms. The minimum atomic E-state index is -0.0620. The summed E-state index contributed by atoms with van der Waals surface area (Å²) < 4.78 is 1.80. The van der Waals surface area contributed by atoms with Gasteiger partial charge in [-0.25, -0.2) is 0 Å². The van der Waals surface area contributed by atoms with Crippen LogP contribution in [-0.2, 0) is 16.6 Å². The van der Waals surface area contributed by atoms with Gasteiger partial charge in [0, 0.05) is 32.7 Å². The van der Waals surface area contributed by atoms with Crippen molar-refractivity contribution in [2.24, 2.45) is 13.0 Å². The van der Waals surface area contributed by atoms with Crippen molar-refractivity contribution in [1.29, 1.82) is 0 Å². The molecule has 2 atom stereocenters. The number of carbonyl (C=O) groups is 2. The Labute approximate surface area is 152 Å². The Morgan fingerprint density at radius 2 is 2.16 bits per heavy atom. The number of carbonyl (C=O) groups excluding carboxylic acids is 2. The molecule has 3 aliphatic rings. The van der Waals surface area contributed by atoms with Gasteiger partial charge < -0.3 is 14.4 Å². The topological polar surface area (TPSA) is 71.3 Å². The zero-order valence-electron chi connectivity index (χ0n) is 15.0. The van der Waals surface area contributed by atoms with Crippen LogP contribution in [0, 0.1) is 5.92 Å². The first-order valence-electron chi connectivity index (χ1n) is 8.64. The second-order valence-electron chi connectivity index (χ2n) is 7.01. The molecule has 7 nitrogen and oxygen atoms in total. The van der Waals surface area contributed by atoms with E-state index in [0.717, 1.165) is 18.0 Å². The van der Waals surface area contributed by atoms with Crippen molar-refractivity contribution < 1.29 is 9.59 Å². The van der Waals surface area contributed by atoms with Gasteiger partial charge in [0.25, 0.3) is 0 Å². The average molecular weight is 363 g/mol. The number of hydrogen-bond acceptors (Lipinski definition) is 5. The van der Waals surface area contributed by atoms with Crippen molar-refractivity contribution in [1.82, 2.24) is 24.6 Å². The minimum absolute atomic E-state index is 0.0620. The number of hydrogen-bond donors (Lipinski definition) is 0. The highest BCUT2D eigenvalue weighted by Gasteiger charge is 2.41. The summed E-state index contributed by atoms with van der Waals surface area (Å²) in [6, 6.07) is 0.130. The van der Waals surface area contributed by atoms with Gasteiger partial charge in [-0.15, -0.1) is 10.2 Å². The first-order valence-corrected chi connectivity index (χ1v) is 9.62. The highest BCUT2D eigenvalue weighted by Crippen LogP contribution is 2.29.